The first-order valence-corrected chi connectivity index (χ1v) is 5.88. The van der Waals surface area contributed by atoms with E-state index in [0.29, 0.717) is 0 Å². The van der Waals surface area contributed by atoms with Gasteiger partial charge in [0.15, 0.2) is 23.3 Å². The van der Waals surface area contributed by atoms with Gasteiger partial charge >= 0.3 is 0 Å². The van der Waals surface area contributed by atoms with Crippen LogP contribution in [-0.2, 0) is 6.54 Å². The van der Waals surface area contributed by atoms with Crippen LogP contribution in [0.3, 0.4) is 0 Å². The van der Waals surface area contributed by atoms with E-state index in [1.165, 1.54) is 6.92 Å². The maximum Gasteiger partial charge on any atom is 0.198 e. The molecule has 0 N–H and O–H groups in total. The van der Waals surface area contributed by atoms with Gasteiger partial charge in [0.25, 0.3) is 0 Å². The summed E-state index contributed by atoms with van der Waals surface area (Å²) in [5.74, 6) is -6.46. The van der Waals surface area contributed by atoms with Crippen LogP contribution in [0.25, 0.3) is 0 Å². The average Bonchev–Trinajstić information content (AvgIpc) is 2.48. The molecule has 0 aliphatic heterocycles. The number of hydrogen-bond donors (Lipinski definition) is 0. The Morgan fingerprint density at radius 1 is 0.900 bits per heavy atom. The lowest BCUT2D eigenvalue weighted by Crippen LogP contribution is -2.05. The van der Waals surface area contributed by atoms with E-state index in [4.69, 9.17) is 0 Å². The third-order valence-electron chi connectivity index (χ3n) is 2.88. The van der Waals surface area contributed by atoms with Gasteiger partial charge in [0.1, 0.15) is 0 Å². The molecule has 0 amide bonds. The summed E-state index contributed by atoms with van der Waals surface area (Å²) in [6, 6.07) is 9.09. The average molecular weight is 281 g/mol. The van der Waals surface area contributed by atoms with Gasteiger partial charge in [-0.25, -0.2) is 17.6 Å². The second-order valence-electron chi connectivity index (χ2n) is 4.25. The molecule has 0 unspecified atom stereocenters. The fourth-order valence-corrected chi connectivity index (χ4v) is 1.74. The minimum Gasteiger partial charge on any atom is -0.288 e. The summed E-state index contributed by atoms with van der Waals surface area (Å²) in [6.07, 6.45) is 1.02. The molecule has 0 heterocycles. The molecule has 5 heteroatoms. The predicted molar refractivity (Wildman–Crippen MR) is 68.8 cm³/mol. The van der Waals surface area contributed by atoms with Crippen molar-refractivity contribution in [2.45, 2.75) is 13.5 Å². The maximum atomic E-state index is 13.6. The maximum absolute atomic E-state index is 13.6. The molecule has 20 heavy (non-hydrogen) atoms. The quantitative estimate of drug-likeness (QED) is 0.346. The van der Waals surface area contributed by atoms with Gasteiger partial charge in [0.2, 0.25) is 0 Å². The summed E-state index contributed by atoms with van der Waals surface area (Å²) in [6.45, 7) is 1.41. The molecule has 0 fully saturated rings. The summed E-state index contributed by atoms with van der Waals surface area (Å²) < 4.78 is 53.0. The minimum atomic E-state index is -1.82. The van der Waals surface area contributed by atoms with Gasteiger partial charge in [-0.05, 0) is 18.1 Å². The first-order valence-electron chi connectivity index (χ1n) is 5.88. The van der Waals surface area contributed by atoms with Gasteiger partial charge in [-0.2, -0.15) is 0 Å². The molecule has 104 valence electrons. The zero-order valence-corrected chi connectivity index (χ0v) is 10.6. The molecule has 0 saturated heterocycles. The number of hydrogen-bond acceptors (Lipinski definition) is 1. The van der Waals surface area contributed by atoms with Gasteiger partial charge in [-0.15, -0.1) is 0 Å². The molecule has 2 rings (SSSR count). The highest BCUT2D eigenvalue weighted by Gasteiger charge is 2.21. The van der Waals surface area contributed by atoms with Crippen molar-refractivity contribution in [2.24, 2.45) is 4.99 Å². The largest absolute Gasteiger partial charge is 0.288 e. The molecule has 0 aliphatic rings. The Labute approximate surface area is 113 Å². The van der Waals surface area contributed by atoms with Crippen molar-refractivity contribution in [3.63, 3.8) is 0 Å². The Morgan fingerprint density at radius 2 is 1.50 bits per heavy atom. The molecule has 0 saturated carbocycles. The fraction of sp³-hybridized carbons (Fsp3) is 0.133. The predicted octanol–water partition coefficient (Wildman–Crippen LogP) is 4.17. The fourth-order valence-electron chi connectivity index (χ4n) is 1.74. The molecule has 0 aliphatic carbocycles. The summed E-state index contributed by atoms with van der Waals surface area (Å²) in [5, 5.41) is 0. The standard InChI is InChI=1S/C15H11F4N/c1-9-11(13(17)15(19)14(18)12(9)16)8-20-7-10-5-3-2-4-6-10/h2-6,8H,7H2,1H3. The molecule has 1 nitrogen and oxygen atoms in total. The van der Waals surface area contributed by atoms with Crippen molar-refractivity contribution in [3.8, 4) is 0 Å². The Bertz CT molecular complexity index is 622. The highest BCUT2D eigenvalue weighted by molar-refractivity contribution is 5.82. The van der Waals surface area contributed by atoms with Crippen LogP contribution in [0.2, 0.25) is 0 Å². The number of halogens is 4. The van der Waals surface area contributed by atoms with E-state index in [1.54, 1.807) is 0 Å². The van der Waals surface area contributed by atoms with Crippen molar-refractivity contribution < 1.29 is 17.6 Å². The molecule has 0 atom stereocenters. The summed E-state index contributed by atoms with van der Waals surface area (Å²) in [4.78, 5) is 3.92. The van der Waals surface area contributed by atoms with E-state index in [1.807, 2.05) is 30.3 Å². The highest BCUT2D eigenvalue weighted by atomic mass is 19.2. The topological polar surface area (TPSA) is 12.4 Å². The van der Waals surface area contributed by atoms with Crippen LogP contribution in [0.5, 0.6) is 0 Å². The van der Waals surface area contributed by atoms with Gasteiger partial charge in [-0.3, -0.25) is 4.99 Å². The third-order valence-corrected chi connectivity index (χ3v) is 2.88. The van der Waals surface area contributed by atoms with Crippen LogP contribution in [0.15, 0.2) is 35.3 Å². The van der Waals surface area contributed by atoms with E-state index in [-0.39, 0.29) is 17.7 Å². The van der Waals surface area contributed by atoms with Crippen molar-refractivity contribution in [1.29, 1.82) is 0 Å². The van der Waals surface area contributed by atoms with Crippen molar-refractivity contribution in [2.75, 3.05) is 0 Å². The van der Waals surface area contributed by atoms with Crippen molar-refractivity contribution in [1.82, 2.24) is 0 Å². The van der Waals surface area contributed by atoms with Crippen molar-refractivity contribution in [3.05, 3.63) is 70.3 Å². The smallest absolute Gasteiger partial charge is 0.198 e. The summed E-state index contributed by atoms with van der Waals surface area (Å²) >= 11 is 0. The second kappa shape index (κ2) is 5.86. The van der Waals surface area contributed by atoms with Crippen LogP contribution < -0.4 is 0 Å². The van der Waals surface area contributed by atoms with Crippen LogP contribution in [0.1, 0.15) is 16.7 Å². The molecular weight excluding hydrogens is 270 g/mol. The first kappa shape index (κ1) is 14.2. The Morgan fingerprint density at radius 3 is 2.15 bits per heavy atom. The number of rotatable bonds is 3. The molecule has 0 spiro atoms. The second-order valence-corrected chi connectivity index (χ2v) is 4.25. The molecule has 0 bridgehead atoms. The Hall–Kier alpha value is -2.17. The lowest BCUT2D eigenvalue weighted by atomic mass is 10.1. The third kappa shape index (κ3) is 2.71. The zero-order chi connectivity index (χ0) is 14.7. The monoisotopic (exact) mass is 281 g/mol. The summed E-state index contributed by atoms with van der Waals surface area (Å²) in [5.41, 5.74) is 0.181. The van der Waals surface area contributed by atoms with E-state index in [2.05, 4.69) is 4.99 Å². The molecule has 0 radical (unpaired) electrons. The highest BCUT2D eigenvalue weighted by Crippen LogP contribution is 2.22. The molecule has 2 aromatic rings. The number of benzene rings is 2. The van der Waals surface area contributed by atoms with Gasteiger partial charge in [0, 0.05) is 11.8 Å². The van der Waals surface area contributed by atoms with Crippen LogP contribution in [-0.4, -0.2) is 6.21 Å². The minimum absolute atomic E-state index is 0.236. The van der Waals surface area contributed by atoms with E-state index < -0.39 is 23.3 Å². The normalized spacial score (nSPS) is 11.2. The molecule has 0 aromatic heterocycles. The summed E-state index contributed by atoms with van der Waals surface area (Å²) in [7, 11) is 0. The Balaban J connectivity index is 2.30. The van der Waals surface area contributed by atoms with E-state index in [9.17, 15) is 17.6 Å². The zero-order valence-electron chi connectivity index (χ0n) is 10.6. The van der Waals surface area contributed by atoms with Gasteiger partial charge in [-0.1, -0.05) is 30.3 Å². The van der Waals surface area contributed by atoms with Crippen LogP contribution >= 0.6 is 0 Å². The van der Waals surface area contributed by atoms with E-state index >= 15 is 0 Å². The van der Waals surface area contributed by atoms with Gasteiger partial charge in [0.05, 0.1) is 6.54 Å². The van der Waals surface area contributed by atoms with E-state index in [0.717, 1.165) is 11.8 Å². The molecule has 2 aromatic carbocycles. The lowest BCUT2D eigenvalue weighted by Gasteiger charge is -2.06. The molecular formula is C15H11F4N. The van der Waals surface area contributed by atoms with Crippen molar-refractivity contribution >= 4 is 6.21 Å². The SMILES string of the molecule is Cc1c(F)c(F)c(F)c(F)c1C=NCc1ccccc1. The number of nitrogens with zero attached hydrogens (tertiary/aromatic N) is 1. The Kier molecular flexibility index (Phi) is 4.17. The van der Waals surface area contributed by atoms with Crippen LogP contribution in [0, 0.1) is 30.2 Å². The first-order chi connectivity index (χ1) is 9.52. The van der Waals surface area contributed by atoms with Gasteiger partial charge < -0.3 is 0 Å². The lowest BCUT2D eigenvalue weighted by molar-refractivity contribution is 0.405. The van der Waals surface area contributed by atoms with Crippen LogP contribution in [0.4, 0.5) is 17.6 Å². The number of aliphatic imine (C=N–C) groups is 1.